The lowest BCUT2D eigenvalue weighted by atomic mass is 10.0. The van der Waals surface area contributed by atoms with Crippen LogP contribution in [0, 0.1) is 11.6 Å². The van der Waals surface area contributed by atoms with Crippen LogP contribution >= 0.6 is 11.6 Å². The molecule has 0 bridgehead atoms. The van der Waals surface area contributed by atoms with Gasteiger partial charge in [-0.25, -0.2) is 13.6 Å². The number of benzene rings is 2. The van der Waals surface area contributed by atoms with E-state index >= 15 is 0 Å². The standard InChI is InChI=1S/C23H24ClF4N5O3/c1-2-32-7-8-33(19(12-32)13-5-6-17(25)16(24)9-13)23(36)29-11-15-4-3-14(10-18(15)26)21(34)30-31-22(35)20(27)28/h3-6,9-10,19-20H,2,7-8,11-12H2,1H3,(H,29,36)(H,30,34)(H,31,35). The van der Waals surface area contributed by atoms with Gasteiger partial charge in [0.1, 0.15) is 11.6 Å². The van der Waals surface area contributed by atoms with Crippen LogP contribution in [0.1, 0.15) is 34.5 Å². The first-order valence-electron chi connectivity index (χ1n) is 11.0. The molecule has 1 heterocycles. The molecule has 8 nitrogen and oxygen atoms in total. The third-order valence-electron chi connectivity index (χ3n) is 5.74. The third-order valence-corrected chi connectivity index (χ3v) is 6.03. The number of hydrazine groups is 1. The smallest absolute Gasteiger partial charge is 0.318 e. The highest BCUT2D eigenvalue weighted by molar-refractivity contribution is 6.30. The van der Waals surface area contributed by atoms with E-state index in [1.807, 2.05) is 6.92 Å². The fourth-order valence-corrected chi connectivity index (χ4v) is 3.91. The van der Waals surface area contributed by atoms with Crippen molar-refractivity contribution in [3.63, 3.8) is 0 Å². The molecular formula is C23H24ClF4N5O3. The minimum absolute atomic E-state index is 0.0542. The van der Waals surface area contributed by atoms with E-state index in [-0.39, 0.29) is 22.7 Å². The molecule has 0 aliphatic carbocycles. The first-order valence-corrected chi connectivity index (χ1v) is 11.4. The molecule has 194 valence electrons. The Balaban J connectivity index is 1.66. The van der Waals surface area contributed by atoms with E-state index in [1.54, 1.807) is 16.4 Å². The summed E-state index contributed by atoms with van der Waals surface area (Å²) in [6, 6.07) is 6.75. The summed E-state index contributed by atoms with van der Waals surface area (Å²) < 4.78 is 52.6. The normalized spacial score (nSPS) is 16.1. The van der Waals surface area contributed by atoms with Crippen molar-refractivity contribution in [3.8, 4) is 0 Å². The van der Waals surface area contributed by atoms with Crippen LogP contribution in [0.5, 0.6) is 0 Å². The topological polar surface area (TPSA) is 93.8 Å². The number of hydrogen-bond acceptors (Lipinski definition) is 4. The molecule has 36 heavy (non-hydrogen) atoms. The molecule has 1 atom stereocenters. The van der Waals surface area contributed by atoms with E-state index in [1.165, 1.54) is 29.7 Å². The predicted molar refractivity (Wildman–Crippen MR) is 123 cm³/mol. The fraction of sp³-hybridized carbons (Fsp3) is 0.348. The first kappa shape index (κ1) is 27.2. The Kier molecular flexibility index (Phi) is 9.10. The van der Waals surface area contributed by atoms with Crippen molar-refractivity contribution in [1.29, 1.82) is 0 Å². The van der Waals surface area contributed by atoms with Crippen LogP contribution in [-0.2, 0) is 11.3 Å². The number of hydrogen-bond donors (Lipinski definition) is 3. The largest absolute Gasteiger partial charge is 0.334 e. The molecule has 0 aromatic heterocycles. The molecular weight excluding hydrogens is 506 g/mol. The summed E-state index contributed by atoms with van der Waals surface area (Å²) in [5, 5.41) is 2.60. The molecule has 4 amide bonds. The molecule has 1 aliphatic heterocycles. The highest BCUT2D eigenvalue weighted by Gasteiger charge is 2.31. The van der Waals surface area contributed by atoms with Gasteiger partial charge in [-0.15, -0.1) is 0 Å². The van der Waals surface area contributed by atoms with Gasteiger partial charge in [0.2, 0.25) is 0 Å². The van der Waals surface area contributed by atoms with Gasteiger partial charge >= 0.3 is 18.4 Å². The minimum atomic E-state index is -3.32. The zero-order valence-electron chi connectivity index (χ0n) is 19.2. The van der Waals surface area contributed by atoms with Crippen molar-refractivity contribution in [2.45, 2.75) is 25.9 Å². The zero-order valence-corrected chi connectivity index (χ0v) is 19.9. The molecule has 1 fully saturated rings. The summed E-state index contributed by atoms with van der Waals surface area (Å²) in [7, 11) is 0. The molecule has 0 spiro atoms. The molecule has 0 radical (unpaired) electrons. The van der Waals surface area contributed by atoms with E-state index in [0.717, 1.165) is 12.6 Å². The second-order valence-electron chi connectivity index (χ2n) is 7.98. The maximum absolute atomic E-state index is 14.5. The quantitative estimate of drug-likeness (QED) is 0.396. The fourth-order valence-electron chi connectivity index (χ4n) is 3.72. The van der Waals surface area contributed by atoms with Gasteiger partial charge in [-0.1, -0.05) is 30.7 Å². The maximum Gasteiger partial charge on any atom is 0.318 e. The van der Waals surface area contributed by atoms with E-state index in [0.29, 0.717) is 25.2 Å². The van der Waals surface area contributed by atoms with Crippen LogP contribution in [0.15, 0.2) is 36.4 Å². The number of urea groups is 1. The molecule has 0 saturated carbocycles. The van der Waals surface area contributed by atoms with Gasteiger partial charge in [0, 0.05) is 37.3 Å². The molecule has 1 aliphatic rings. The summed E-state index contributed by atoms with van der Waals surface area (Å²) >= 11 is 5.94. The monoisotopic (exact) mass is 529 g/mol. The van der Waals surface area contributed by atoms with E-state index in [9.17, 15) is 31.9 Å². The minimum Gasteiger partial charge on any atom is -0.334 e. The van der Waals surface area contributed by atoms with E-state index in [4.69, 9.17) is 11.6 Å². The van der Waals surface area contributed by atoms with Gasteiger partial charge in [-0.05, 0) is 36.4 Å². The van der Waals surface area contributed by atoms with Crippen LogP contribution in [0.25, 0.3) is 0 Å². The van der Waals surface area contributed by atoms with Crippen LogP contribution in [-0.4, -0.2) is 60.2 Å². The molecule has 1 saturated heterocycles. The van der Waals surface area contributed by atoms with Gasteiger partial charge in [0.05, 0.1) is 11.1 Å². The molecule has 2 aromatic carbocycles. The molecule has 3 N–H and O–H groups in total. The van der Waals surface area contributed by atoms with Crippen LogP contribution < -0.4 is 16.2 Å². The van der Waals surface area contributed by atoms with Crippen LogP contribution in [0.2, 0.25) is 5.02 Å². The van der Waals surface area contributed by atoms with E-state index < -0.39 is 41.9 Å². The summed E-state index contributed by atoms with van der Waals surface area (Å²) in [5.74, 6) is -4.08. The second kappa shape index (κ2) is 12.0. The lowest BCUT2D eigenvalue weighted by molar-refractivity contribution is -0.132. The number of amides is 4. The van der Waals surface area contributed by atoms with Gasteiger partial charge < -0.3 is 10.2 Å². The van der Waals surface area contributed by atoms with Gasteiger partial charge in [-0.3, -0.25) is 25.3 Å². The number of nitrogens with one attached hydrogen (secondary N) is 3. The summed E-state index contributed by atoms with van der Waals surface area (Å²) in [5.41, 5.74) is 3.79. The Morgan fingerprint density at radius 1 is 1.06 bits per heavy atom. The van der Waals surface area contributed by atoms with Crippen molar-refractivity contribution < 1.29 is 31.9 Å². The van der Waals surface area contributed by atoms with Crippen LogP contribution in [0.3, 0.4) is 0 Å². The molecule has 1 unspecified atom stereocenters. The first-order chi connectivity index (χ1) is 17.1. The number of piperazine rings is 1. The Labute approximate surface area is 209 Å². The van der Waals surface area contributed by atoms with Gasteiger partial charge in [-0.2, -0.15) is 8.78 Å². The second-order valence-corrected chi connectivity index (χ2v) is 8.39. The average molecular weight is 530 g/mol. The number of alkyl halides is 2. The van der Waals surface area contributed by atoms with E-state index in [2.05, 4.69) is 10.2 Å². The lowest BCUT2D eigenvalue weighted by Gasteiger charge is -2.41. The third kappa shape index (κ3) is 6.64. The molecule has 3 rings (SSSR count). The number of halogens is 5. The number of nitrogens with zero attached hydrogens (tertiary/aromatic N) is 2. The Morgan fingerprint density at radius 2 is 1.81 bits per heavy atom. The highest BCUT2D eigenvalue weighted by atomic mass is 35.5. The highest BCUT2D eigenvalue weighted by Crippen LogP contribution is 2.28. The van der Waals surface area contributed by atoms with Gasteiger partial charge in [0.15, 0.2) is 0 Å². The number of likely N-dealkylation sites (N-methyl/N-ethyl adjacent to an activating group) is 1. The Bertz CT molecular complexity index is 1140. The van der Waals surface area contributed by atoms with Crippen LogP contribution in [0.4, 0.5) is 22.4 Å². The summed E-state index contributed by atoms with van der Waals surface area (Å²) in [6.07, 6.45) is -3.32. The average Bonchev–Trinajstić information content (AvgIpc) is 2.87. The molecule has 13 heteroatoms. The van der Waals surface area contributed by atoms with Crippen molar-refractivity contribution >= 4 is 29.4 Å². The van der Waals surface area contributed by atoms with Crippen molar-refractivity contribution in [2.75, 3.05) is 26.2 Å². The van der Waals surface area contributed by atoms with Crippen molar-refractivity contribution in [3.05, 3.63) is 69.7 Å². The maximum atomic E-state index is 14.5. The predicted octanol–water partition coefficient (Wildman–Crippen LogP) is 3.23. The lowest BCUT2D eigenvalue weighted by Crippen LogP contribution is -2.53. The Morgan fingerprint density at radius 3 is 2.44 bits per heavy atom. The van der Waals surface area contributed by atoms with Crippen molar-refractivity contribution in [1.82, 2.24) is 26.0 Å². The van der Waals surface area contributed by atoms with Crippen molar-refractivity contribution in [2.24, 2.45) is 0 Å². The summed E-state index contributed by atoms with van der Waals surface area (Å²) in [6.45, 7) is 4.06. The summed E-state index contributed by atoms with van der Waals surface area (Å²) in [4.78, 5) is 39.5. The zero-order chi connectivity index (χ0) is 26.4. The number of rotatable bonds is 6. The Hall–Kier alpha value is -3.38. The number of carbonyl (C=O) groups excluding carboxylic acids is 3. The SMILES string of the molecule is CCN1CCN(C(=O)NCc2ccc(C(=O)NNC(=O)C(F)F)cc2F)C(c2ccc(F)c(Cl)c2)C1. The van der Waals surface area contributed by atoms with Gasteiger partial charge in [0.25, 0.3) is 5.91 Å². The molecule has 2 aromatic rings. The number of carbonyl (C=O) groups is 3.